The van der Waals surface area contributed by atoms with Crippen molar-refractivity contribution < 1.29 is 13.6 Å². The number of carbonyl (C=O) groups excluding carboxylic acids is 1. The number of aromatic nitrogens is 2. The molecule has 1 aromatic carbocycles. The number of hydrogen-bond donors (Lipinski definition) is 1. The molecule has 0 saturated carbocycles. The van der Waals surface area contributed by atoms with Gasteiger partial charge < -0.3 is 14.6 Å². The van der Waals surface area contributed by atoms with E-state index < -0.39 is 5.91 Å². The molecule has 23 heavy (non-hydrogen) atoms. The second kappa shape index (κ2) is 7.15. The third kappa shape index (κ3) is 4.01. The zero-order valence-corrected chi connectivity index (χ0v) is 13.0. The van der Waals surface area contributed by atoms with E-state index in [1.807, 2.05) is 42.5 Å². The molecule has 0 aliphatic heterocycles. The first kappa shape index (κ1) is 15.4. The second-order valence-corrected chi connectivity index (χ2v) is 5.83. The third-order valence-electron chi connectivity index (χ3n) is 3.25. The topological polar surface area (TPSA) is 95.2 Å². The van der Waals surface area contributed by atoms with Crippen molar-refractivity contribution in [1.29, 1.82) is 0 Å². The first-order valence-electron chi connectivity index (χ1n) is 7.04. The van der Waals surface area contributed by atoms with Crippen molar-refractivity contribution in [3.05, 3.63) is 65.9 Å². The summed E-state index contributed by atoms with van der Waals surface area (Å²) in [5.41, 5.74) is 6.21. The number of nitrogens with zero attached hydrogens (tertiary/aromatic N) is 2. The number of furan rings is 1. The minimum Gasteiger partial charge on any atom is -0.469 e. The lowest BCUT2D eigenvalue weighted by Crippen LogP contribution is -2.12. The molecule has 0 saturated heterocycles. The summed E-state index contributed by atoms with van der Waals surface area (Å²) in [5.74, 6) is 0.998. The zero-order valence-electron chi connectivity index (χ0n) is 12.2. The molecule has 0 fully saturated rings. The average Bonchev–Trinajstić information content (AvgIpc) is 3.23. The number of carbonyl (C=O) groups is 1. The maximum absolute atomic E-state index is 10.8. The van der Waals surface area contributed by atoms with Crippen molar-refractivity contribution in [2.45, 2.75) is 17.6 Å². The SMILES string of the molecule is NC(=O)CSc1nnc(C[C@H](c2ccccc2)c2ccco2)o1. The van der Waals surface area contributed by atoms with Gasteiger partial charge in [-0.15, -0.1) is 10.2 Å². The van der Waals surface area contributed by atoms with Crippen molar-refractivity contribution in [2.75, 3.05) is 5.75 Å². The number of amides is 1. The van der Waals surface area contributed by atoms with Crippen LogP contribution in [0.4, 0.5) is 0 Å². The summed E-state index contributed by atoms with van der Waals surface area (Å²) in [6.45, 7) is 0. The summed E-state index contributed by atoms with van der Waals surface area (Å²) in [5, 5.41) is 8.30. The Labute approximate surface area is 137 Å². The molecule has 1 amide bonds. The molecular weight excluding hydrogens is 314 g/mol. The molecule has 2 aromatic heterocycles. The van der Waals surface area contributed by atoms with Gasteiger partial charge in [0.05, 0.1) is 17.9 Å². The molecule has 0 spiro atoms. The molecule has 2 N–H and O–H groups in total. The normalized spacial score (nSPS) is 12.2. The van der Waals surface area contributed by atoms with Crippen molar-refractivity contribution in [3.8, 4) is 0 Å². The highest BCUT2D eigenvalue weighted by Gasteiger charge is 2.21. The number of benzene rings is 1. The largest absolute Gasteiger partial charge is 0.469 e. The highest BCUT2D eigenvalue weighted by atomic mass is 32.2. The molecule has 0 bridgehead atoms. The molecular formula is C16H15N3O3S. The smallest absolute Gasteiger partial charge is 0.277 e. The van der Waals surface area contributed by atoms with Crippen LogP contribution in [0.25, 0.3) is 0 Å². The van der Waals surface area contributed by atoms with Gasteiger partial charge in [0.1, 0.15) is 5.76 Å². The Morgan fingerprint density at radius 3 is 2.70 bits per heavy atom. The van der Waals surface area contributed by atoms with Gasteiger partial charge in [-0.2, -0.15) is 0 Å². The summed E-state index contributed by atoms with van der Waals surface area (Å²) in [4.78, 5) is 10.8. The summed E-state index contributed by atoms with van der Waals surface area (Å²) in [7, 11) is 0. The Kier molecular flexibility index (Phi) is 4.77. The van der Waals surface area contributed by atoms with E-state index in [0.717, 1.165) is 23.1 Å². The van der Waals surface area contributed by atoms with Gasteiger partial charge in [0.15, 0.2) is 0 Å². The number of nitrogens with two attached hydrogens (primary N) is 1. The molecule has 7 heteroatoms. The molecule has 6 nitrogen and oxygen atoms in total. The maximum atomic E-state index is 10.8. The Morgan fingerprint density at radius 1 is 1.17 bits per heavy atom. The number of rotatable bonds is 7. The summed E-state index contributed by atoms with van der Waals surface area (Å²) in [6.07, 6.45) is 2.16. The standard InChI is InChI=1S/C16H15N3O3S/c17-14(20)10-23-16-19-18-15(22-16)9-12(13-7-4-8-21-13)11-5-2-1-3-6-11/h1-8,12H,9-10H2,(H2,17,20)/t12-/m1/s1. The van der Waals surface area contributed by atoms with E-state index >= 15 is 0 Å². The predicted octanol–water partition coefficient (Wildman–Crippen LogP) is 2.61. The van der Waals surface area contributed by atoms with Gasteiger partial charge in [-0.05, 0) is 17.7 Å². The zero-order chi connectivity index (χ0) is 16.1. The lowest BCUT2D eigenvalue weighted by molar-refractivity contribution is -0.115. The number of primary amides is 1. The van der Waals surface area contributed by atoms with E-state index in [4.69, 9.17) is 14.6 Å². The van der Waals surface area contributed by atoms with Gasteiger partial charge in [-0.1, -0.05) is 42.1 Å². The van der Waals surface area contributed by atoms with Crippen molar-refractivity contribution >= 4 is 17.7 Å². The highest BCUT2D eigenvalue weighted by molar-refractivity contribution is 7.99. The van der Waals surface area contributed by atoms with Crippen LogP contribution in [0.15, 0.2) is 62.8 Å². The van der Waals surface area contributed by atoms with Gasteiger partial charge in [0, 0.05) is 6.42 Å². The van der Waals surface area contributed by atoms with E-state index in [1.54, 1.807) is 6.26 Å². The first-order chi connectivity index (χ1) is 11.2. The fraction of sp³-hybridized carbons (Fsp3) is 0.188. The van der Waals surface area contributed by atoms with Crippen LogP contribution in [0.2, 0.25) is 0 Å². The average molecular weight is 329 g/mol. The highest BCUT2D eigenvalue weighted by Crippen LogP contribution is 2.29. The fourth-order valence-corrected chi connectivity index (χ4v) is 2.76. The van der Waals surface area contributed by atoms with Crippen LogP contribution >= 0.6 is 11.8 Å². The van der Waals surface area contributed by atoms with Crippen LogP contribution in [-0.2, 0) is 11.2 Å². The van der Waals surface area contributed by atoms with Gasteiger partial charge >= 0.3 is 0 Å². The van der Waals surface area contributed by atoms with Crippen molar-refractivity contribution in [1.82, 2.24) is 10.2 Å². The molecule has 118 valence electrons. The van der Waals surface area contributed by atoms with E-state index in [-0.39, 0.29) is 11.7 Å². The van der Waals surface area contributed by atoms with Crippen LogP contribution in [0, 0.1) is 0 Å². The van der Waals surface area contributed by atoms with Crippen LogP contribution < -0.4 is 5.73 Å². The van der Waals surface area contributed by atoms with Gasteiger partial charge in [-0.25, -0.2) is 0 Å². The molecule has 0 radical (unpaired) electrons. The monoisotopic (exact) mass is 329 g/mol. The van der Waals surface area contributed by atoms with Crippen LogP contribution in [-0.4, -0.2) is 21.9 Å². The first-order valence-corrected chi connectivity index (χ1v) is 8.03. The van der Waals surface area contributed by atoms with Gasteiger partial charge in [-0.3, -0.25) is 4.79 Å². The summed E-state index contributed by atoms with van der Waals surface area (Å²) < 4.78 is 11.1. The lowest BCUT2D eigenvalue weighted by atomic mass is 9.93. The van der Waals surface area contributed by atoms with E-state index in [1.165, 1.54) is 0 Å². The molecule has 0 unspecified atom stereocenters. The molecule has 0 aliphatic rings. The Balaban J connectivity index is 1.78. The van der Waals surface area contributed by atoms with E-state index in [2.05, 4.69) is 10.2 Å². The fourth-order valence-electron chi connectivity index (χ4n) is 2.24. The van der Waals surface area contributed by atoms with Gasteiger partial charge in [0.25, 0.3) is 5.22 Å². The number of hydrogen-bond acceptors (Lipinski definition) is 6. The van der Waals surface area contributed by atoms with Crippen molar-refractivity contribution in [2.24, 2.45) is 5.73 Å². The second-order valence-electron chi connectivity index (χ2n) is 4.90. The molecule has 2 heterocycles. The molecule has 0 aliphatic carbocycles. The number of thioether (sulfide) groups is 1. The quantitative estimate of drug-likeness (QED) is 0.669. The van der Waals surface area contributed by atoms with Crippen molar-refractivity contribution in [3.63, 3.8) is 0 Å². The van der Waals surface area contributed by atoms with Gasteiger partial charge in [0.2, 0.25) is 11.8 Å². The Hall–Kier alpha value is -2.54. The van der Waals surface area contributed by atoms with Crippen LogP contribution in [0.3, 0.4) is 0 Å². The molecule has 3 rings (SSSR count). The minimum atomic E-state index is -0.424. The summed E-state index contributed by atoms with van der Waals surface area (Å²) in [6, 6.07) is 13.8. The Morgan fingerprint density at radius 2 is 2.00 bits per heavy atom. The lowest BCUT2D eigenvalue weighted by Gasteiger charge is -2.12. The van der Waals surface area contributed by atoms with Crippen LogP contribution in [0.1, 0.15) is 23.1 Å². The predicted molar refractivity (Wildman–Crippen MR) is 84.9 cm³/mol. The van der Waals surface area contributed by atoms with Crippen LogP contribution in [0.5, 0.6) is 0 Å². The molecule has 3 aromatic rings. The minimum absolute atomic E-state index is 0.0133. The van der Waals surface area contributed by atoms with E-state index in [0.29, 0.717) is 17.5 Å². The molecule has 1 atom stereocenters. The Bertz CT molecular complexity index is 756. The van der Waals surface area contributed by atoms with E-state index in [9.17, 15) is 4.79 Å². The maximum Gasteiger partial charge on any atom is 0.277 e. The third-order valence-corrected chi connectivity index (χ3v) is 4.09. The summed E-state index contributed by atoms with van der Waals surface area (Å²) >= 11 is 1.13.